The molecule has 5 aromatic rings. The SMILES string of the molecule is O=C1N(c2ccc(Cl)c(Cl)c2)C(=O)C23C4c5ccccc5C(c5ccccc54)C12ON(c1ccccc1)C3c1ccc(Cl)cc1. The number of anilines is 2. The van der Waals surface area contributed by atoms with Crippen LogP contribution in [0.4, 0.5) is 11.4 Å². The van der Waals surface area contributed by atoms with E-state index in [1.165, 1.54) is 4.90 Å². The molecule has 2 bridgehead atoms. The fourth-order valence-corrected chi connectivity index (χ4v) is 8.95. The van der Waals surface area contributed by atoms with Gasteiger partial charge in [-0.15, -0.1) is 0 Å². The molecule has 2 saturated heterocycles. The van der Waals surface area contributed by atoms with Crippen molar-refractivity contribution in [3.8, 4) is 0 Å². The number of rotatable bonds is 3. The van der Waals surface area contributed by atoms with Gasteiger partial charge in [-0.2, -0.15) is 0 Å². The van der Waals surface area contributed by atoms with E-state index < -0.39 is 34.8 Å². The molecule has 5 nitrogen and oxygen atoms in total. The molecule has 0 saturated carbocycles. The van der Waals surface area contributed by atoms with Crippen molar-refractivity contribution in [3.63, 3.8) is 0 Å². The van der Waals surface area contributed by atoms with Crippen molar-refractivity contribution in [3.05, 3.63) is 164 Å². The molecule has 0 aromatic heterocycles. The van der Waals surface area contributed by atoms with Crippen molar-refractivity contribution in [1.82, 2.24) is 0 Å². The van der Waals surface area contributed by atoms with Crippen molar-refractivity contribution >= 4 is 58.0 Å². The zero-order valence-corrected chi connectivity index (χ0v) is 25.8. The maximum Gasteiger partial charge on any atom is 0.271 e. The van der Waals surface area contributed by atoms with Crippen LogP contribution in [-0.2, 0) is 14.4 Å². The van der Waals surface area contributed by atoms with Gasteiger partial charge in [-0.05, 0) is 70.3 Å². The van der Waals surface area contributed by atoms with Gasteiger partial charge < -0.3 is 0 Å². The lowest BCUT2D eigenvalue weighted by Gasteiger charge is -2.55. The summed E-state index contributed by atoms with van der Waals surface area (Å²) in [6, 6.07) is 37.6. The summed E-state index contributed by atoms with van der Waals surface area (Å²) in [7, 11) is 0. The van der Waals surface area contributed by atoms with Gasteiger partial charge >= 0.3 is 0 Å². The van der Waals surface area contributed by atoms with E-state index in [4.69, 9.17) is 39.6 Å². The maximum atomic E-state index is 15.7. The van der Waals surface area contributed by atoms with E-state index in [9.17, 15) is 0 Å². The fraction of sp³-hybridized carbons (Fsp3) is 0.135. The van der Waals surface area contributed by atoms with Crippen molar-refractivity contribution in [2.75, 3.05) is 9.96 Å². The molecule has 0 radical (unpaired) electrons. The van der Waals surface area contributed by atoms with Crippen LogP contribution in [0, 0.1) is 5.41 Å². The summed E-state index contributed by atoms with van der Waals surface area (Å²) >= 11 is 19.2. The Bertz CT molecular complexity index is 2020. The molecule has 0 N–H and O–H groups in total. The third kappa shape index (κ3) is 3.24. The number of hydroxylamine groups is 1. The normalized spacial score (nSPS) is 27.3. The molecule has 220 valence electrons. The number of para-hydroxylation sites is 1. The second-order valence-electron chi connectivity index (χ2n) is 12.0. The van der Waals surface area contributed by atoms with Crippen molar-refractivity contribution in [2.45, 2.75) is 23.5 Å². The molecule has 2 fully saturated rings. The lowest BCUT2D eigenvalue weighted by Crippen LogP contribution is -2.63. The molecule has 5 aromatic carbocycles. The van der Waals surface area contributed by atoms with Crippen molar-refractivity contribution < 1.29 is 14.4 Å². The van der Waals surface area contributed by atoms with E-state index in [0.29, 0.717) is 15.7 Å². The first-order chi connectivity index (χ1) is 21.9. The zero-order chi connectivity index (χ0) is 30.7. The third-order valence-corrected chi connectivity index (χ3v) is 11.0. The summed E-state index contributed by atoms with van der Waals surface area (Å²) in [5.41, 5.74) is 2.88. The van der Waals surface area contributed by atoms with Gasteiger partial charge in [0.25, 0.3) is 5.91 Å². The molecule has 5 aliphatic rings. The number of hydrogen-bond donors (Lipinski definition) is 0. The fourth-order valence-electron chi connectivity index (χ4n) is 8.53. The Kier molecular flexibility index (Phi) is 5.71. The maximum absolute atomic E-state index is 15.7. The van der Waals surface area contributed by atoms with Gasteiger partial charge in [-0.1, -0.05) is 114 Å². The highest BCUT2D eigenvalue weighted by molar-refractivity contribution is 6.42. The van der Waals surface area contributed by atoms with Crippen LogP contribution in [0.2, 0.25) is 15.1 Å². The minimum atomic E-state index is -1.62. The molecule has 3 atom stereocenters. The molecule has 3 unspecified atom stereocenters. The van der Waals surface area contributed by atoms with Crippen LogP contribution in [-0.4, -0.2) is 17.4 Å². The second kappa shape index (κ2) is 9.44. The van der Waals surface area contributed by atoms with Crippen molar-refractivity contribution in [2.24, 2.45) is 5.41 Å². The molecule has 45 heavy (non-hydrogen) atoms. The van der Waals surface area contributed by atoms with Crippen LogP contribution < -0.4 is 9.96 Å². The first-order valence-electron chi connectivity index (χ1n) is 14.7. The Morgan fingerprint density at radius 1 is 0.578 bits per heavy atom. The molecule has 2 amide bonds. The Balaban J connectivity index is 1.43. The lowest BCUT2D eigenvalue weighted by molar-refractivity contribution is -0.153. The van der Waals surface area contributed by atoms with Crippen LogP contribution >= 0.6 is 34.8 Å². The average Bonchev–Trinajstić information content (AvgIpc) is 3.50. The van der Waals surface area contributed by atoms with Crippen LogP contribution in [0.15, 0.2) is 121 Å². The topological polar surface area (TPSA) is 49.9 Å². The monoisotopic (exact) mass is 648 g/mol. The van der Waals surface area contributed by atoms with Gasteiger partial charge in [0.05, 0.1) is 27.3 Å². The molecule has 2 aliphatic heterocycles. The summed E-state index contributed by atoms with van der Waals surface area (Å²) in [6.07, 6.45) is 0. The van der Waals surface area contributed by atoms with Gasteiger partial charge in [-0.3, -0.25) is 14.4 Å². The summed E-state index contributed by atoms with van der Waals surface area (Å²) in [5.74, 6) is -1.85. The number of carbonyl (C=O) groups is 2. The quantitative estimate of drug-likeness (QED) is 0.184. The first-order valence-corrected chi connectivity index (χ1v) is 15.8. The largest absolute Gasteiger partial charge is 0.273 e. The van der Waals surface area contributed by atoms with E-state index in [1.807, 2.05) is 78.9 Å². The van der Waals surface area contributed by atoms with E-state index in [1.54, 1.807) is 23.3 Å². The molecular weight excluding hydrogens is 627 g/mol. The Labute approximate surface area is 274 Å². The van der Waals surface area contributed by atoms with Gasteiger partial charge in [-0.25, -0.2) is 9.96 Å². The van der Waals surface area contributed by atoms with Crippen LogP contribution in [0.3, 0.4) is 0 Å². The summed E-state index contributed by atoms with van der Waals surface area (Å²) in [4.78, 5) is 39.6. The number of nitrogens with zero attached hydrogens (tertiary/aromatic N) is 2. The van der Waals surface area contributed by atoms with Gasteiger partial charge in [0.15, 0.2) is 0 Å². The number of hydrogen-bond acceptors (Lipinski definition) is 4. The van der Waals surface area contributed by atoms with E-state index >= 15 is 9.59 Å². The minimum Gasteiger partial charge on any atom is -0.273 e. The second-order valence-corrected chi connectivity index (χ2v) is 13.2. The van der Waals surface area contributed by atoms with Crippen LogP contribution in [0.25, 0.3) is 0 Å². The van der Waals surface area contributed by atoms with Gasteiger partial charge in [0, 0.05) is 10.9 Å². The van der Waals surface area contributed by atoms with Gasteiger partial charge in [0.1, 0.15) is 11.5 Å². The lowest BCUT2D eigenvalue weighted by atomic mass is 9.43. The van der Waals surface area contributed by atoms with Crippen LogP contribution in [0.5, 0.6) is 0 Å². The minimum absolute atomic E-state index is 0.250. The summed E-state index contributed by atoms with van der Waals surface area (Å²) in [6.45, 7) is 0. The molecule has 0 spiro atoms. The predicted octanol–water partition coefficient (Wildman–Crippen LogP) is 8.73. The zero-order valence-electron chi connectivity index (χ0n) is 23.5. The molecule has 3 aliphatic carbocycles. The van der Waals surface area contributed by atoms with E-state index in [2.05, 4.69) is 24.3 Å². The molecule has 8 heteroatoms. The predicted molar refractivity (Wildman–Crippen MR) is 175 cm³/mol. The third-order valence-electron chi connectivity index (χ3n) is 10.1. The van der Waals surface area contributed by atoms with Crippen LogP contribution in [0.1, 0.15) is 45.7 Å². The highest BCUT2D eigenvalue weighted by atomic mass is 35.5. The summed E-state index contributed by atoms with van der Waals surface area (Å²) < 4.78 is 0. The number of benzene rings is 5. The Morgan fingerprint density at radius 2 is 1.16 bits per heavy atom. The number of halogens is 3. The number of carbonyl (C=O) groups excluding carboxylic acids is 2. The average molecular weight is 650 g/mol. The molecular formula is C37H23Cl3N2O3. The number of imide groups is 1. The first kappa shape index (κ1) is 27.2. The van der Waals surface area contributed by atoms with E-state index in [-0.39, 0.29) is 10.9 Å². The Hall–Kier alpha value is -4.13. The van der Waals surface area contributed by atoms with E-state index in [0.717, 1.165) is 33.5 Å². The van der Waals surface area contributed by atoms with Crippen molar-refractivity contribution in [1.29, 1.82) is 0 Å². The smallest absolute Gasteiger partial charge is 0.271 e. The number of amides is 2. The Morgan fingerprint density at radius 3 is 1.76 bits per heavy atom. The van der Waals surface area contributed by atoms with Gasteiger partial charge in [0.2, 0.25) is 11.5 Å². The highest BCUT2D eigenvalue weighted by Gasteiger charge is 2.87. The summed E-state index contributed by atoms with van der Waals surface area (Å²) in [5, 5.41) is 2.95. The molecule has 2 heterocycles. The highest BCUT2D eigenvalue weighted by Crippen LogP contribution is 2.77. The standard InChI is InChI=1S/C37H23Cl3N2O3/c38-22-16-14-21(15-17-22)33-36-31-25-10-4-6-12-27(25)32(28-13-7-5-11-26(28)31)37(36,45-42(33)23-8-2-1-3-9-23)35(44)41(34(36)43)24-18-19-29(39)30(40)20-24/h1-20,31-33H. The molecule has 10 rings (SSSR count).